The molecule has 0 saturated carbocycles. The second-order valence-corrected chi connectivity index (χ2v) is 5.58. The molecule has 1 aliphatic heterocycles. The standard InChI is InChI=1S/C9H14O2S2/c1-4-11-8(10)9(3)7(2)12-5-6-13-9/h2,4-6H2,1,3H3. The summed E-state index contributed by atoms with van der Waals surface area (Å²) in [6.45, 7) is 8.07. The maximum absolute atomic E-state index is 11.6. The SMILES string of the molecule is C=C1SCCSC1(C)C(=O)OCC. The smallest absolute Gasteiger partial charge is 0.326 e. The van der Waals surface area contributed by atoms with E-state index in [-0.39, 0.29) is 5.97 Å². The Labute approximate surface area is 87.5 Å². The highest BCUT2D eigenvalue weighted by Gasteiger charge is 2.40. The lowest BCUT2D eigenvalue weighted by atomic mass is 10.1. The average Bonchev–Trinajstić information content (AvgIpc) is 2.11. The van der Waals surface area contributed by atoms with E-state index in [9.17, 15) is 4.79 Å². The Bertz CT molecular complexity index is 228. The molecule has 13 heavy (non-hydrogen) atoms. The van der Waals surface area contributed by atoms with Crippen molar-refractivity contribution in [1.82, 2.24) is 0 Å². The molecule has 0 radical (unpaired) electrons. The van der Waals surface area contributed by atoms with Crippen LogP contribution in [0.4, 0.5) is 0 Å². The van der Waals surface area contributed by atoms with Gasteiger partial charge in [0, 0.05) is 16.4 Å². The molecular weight excluding hydrogens is 204 g/mol. The number of hydrogen-bond acceptors (Lipinski definition) is 4. The lowest BCUT2D eigenvalue weighted by Crippen LogP contribution is -2.37. The van der Waals surface area contributed by atoms with Crippen molar-refractivity contribution in [2.75, 3.05) is 18.1 Å². The van der Waals surface area contributed by atoms with Crippen LogP contribution in [0.15, 0.2) is 11.5 Å². The van der Waals surface area contributed by atoms with Gasteiger partial charge in [-0.05, 0) is 13.8 Å². The number of carbonyl (C=O) groups excluding carboxylic acids is 1. The fourth-order valence-corrected chi connectivity index (χ4v) is 3.44. The monoisotopic (exact) mass is 218 g/mol. The number of rotatable bonds is 2. The summed E-state index contributed by atoms with van der Waals surface area (Å²) in [5, 5.41) is 0. The molecule has 0 aromatic carbocycles. The fraction of sp³-hybridized carbons (Fsp3) is 0.667. The molecule has 0 aromatic heterocycles. The Morgan fingerprint density at radius 2 is 2.38 bits per heavy atom. The largest absolute Gasteiger partial charge is 0.465 e. The van der Waals surface area contributed by atoms with Crippen LogP contribution in [0.25, 0.3) is 0 Å². The van der Waals surface area contributed by atoms with Gasteiger partial charge >= 0.3 is 5.97 Å². The maximum Gasteiger partial charge on any atom is 0.326 e. The van der Waals surface area contributed by atoms with Crippen molar-refractivity contribution in [1.29, 1.82) is 0 Å². The van der Waals surface area contributed by atoms with Gasteiger partial charge in [-0.1, -0.05) is 6.58 Å². The van der Waals surface area contributed by atoms with Crippen molar-refractivity contribution < 1.29 is 9.53 Å². The third-order valence-corrected chi connectivity index (χ3v) is 4.90. The molecule has 0 spiro atoms. The molecular formula is C9H14O2S2. The maximum atomic E-state index is 11.6. The molecule has 1 fully saturated rings. The summed E-state index contributed by atoms with van der Waals surface area (Å²) in [5.74, 6) is 1.87. The summed E-state index contributed by atoms with van der Waals surface area (Å²) in [6, 6.07) is 0. The molecule has 0 aromatic rings. The molecule has 0 amide bonds. The van der Waals surface area contributed by atoms with Gasteiger partial charge in [0.15, 0.2) is 0 Å². The minimum absolute atomic E-state index is 0.155. The van der Waals surface area contributed by atoms with Crippen molar-refractivity contribution in [3.63, 3.8) is 0 Å². The molecule has 74 valence electrons. The Morgan fingerprint density at radius 1 is 1.69 bits per heavy atom. The number of carbonyl (C=O) groups is 1. The van der Waals surface area contributed by atoms with Crippen molar-refractivity contribution in [2.24, 2.45) is 0 Å². The summed E-state index contributed by atoms with van der Waals surface area (Å²) in [7, 11) is 0. The van der Waals surface area contributed by atoms with Gasteiger partial charge in [0.25, 0.3) is 0 Å². The van der Waals surface area contributed by atoms with E-state index in [1.165, 1.54) is 0 Å². The molecule has 1 rings (SSSR count). The van der Waals surface area contributed by atoms with Gasteiger partial charge in [-0.25, -0.2) is 0 Å². The van der Waals surface area contributed by atoms with Crippen LogP contribution in [-0.2, 0) is 9.53 Å². The molecule has 1 aliphatic rings. The Hall–Kier alpha value is -0.0900. The van der Waals surface area contributed by atoms with Crippen LogP contribution in [0.3, 0.4) is 0 Å². The third kappa shape index (κ3) is 2.23. The Balaban J connectivity index is 2.71. The lowest BCUT2D eigenvalue weighted by molar-refractivity contribution is -0.144. The van der Waals surface area contributed by atoms with Crippen LogP contribution >= 0.6 is 23.5 Å². The predicted octanol–water partition coefficient (Wildman–Crippen LogP) is 2.30. The number of ether oxygens (including phenoxy) is 1. The second-order valence-electron chi connectivity index (χ2n) is 2.87. The van der Waals surface area contributed by atoms with Crippen LogP contribution in [0.5, 0.6) is 0 Å². The topological polar surface area (TPSA) is 26.3 Å². The van der Waals surface area contributed by atoms with Crippen LogP contribution in [0.1, 0.15) is 13.8 Å². The lowest BCUT2D eigenvalue weighted by Gasteiger charge is -2.31. The molecule has 1 atom stereocenters. The zero-order valence-corrected chi connectivity index (χ0v) is 9.59. The quantitative estimate of drug-likeness (QED) is 0.664. The molecule has 2 nitrogen and oxygen atoms in total. The number of esters is 1. The zero-order valence-electron chi connectivity index (χ0n) is 7.96. The van der Waals surface area contributed by atoms with E-state index >= 15 is 0 Å². The first-order valence-electron chi connectivity index (χ1n) is 4.24. The van der Waals surface area contributed by atoms with Crippen LogP contribution in [-0.4, -0.2) is 28.8 Å². The van der Waals surface area contributed by atoms with Gasteiger partial charge in [0.05, 0.1) is 6.61 Å². The van der Waals surface area contributed by atoms with Gasteiger partial charge in [0.1, 0.15) is 4.75 Å². The first kappa shape index (κ1) is 11.0. The highest BCUT2D eigenvalue weighted by molar-refractivity contribution is 8.10. The summed E-state index contributed by atoms with van der Waals surface area (Å²) >= 11 is 3.29. The molecule has 1 unspecified atom stereocenters. The zero-order chi connectivity index (χ0) is 9.90. The van der Waals surface area contributed by atoms with E-state index in [0.29, 0.717) is 6.61 Å². The summed E-state index contributed by atoms with van der Waals surface area (Å²) < 4.78 is 4.49. The highest BCUT2D eigenvalue weighted by Crippen LogP contribution is 2.43. The summed E-state index contributed by atoms with van der Waals surface area (Å²) in [5.41, 5.74) is 0. The normalized spacial score (nSPS) is 28.6. The van der Waals surface area contributed by atoms with Crippen molar-refractivity contribution >= 4 is 29.5 Å². The molecule has 1 heterocycles. The van der Waals surface area contributed by atoms with E-state index in [0.717, 1.165) is 16.4 Å². The van der Waals surface area contributed by atoms with Gasteiger partial charge in [-0.3, -0.25) is 4.79 Å². The molecule has 4 heteroatoms. The van der Waals surface area contributed by atoms with Crippen molar-refractivity contribution in [3.05, 3.63) is 11.5 Å². The highest BCUT2D eigenvalue weighted by atomic mass is 32.2. The molecule has 0 aliphatic carbocycles. The fourth-order valence-electron chi connectivity index (χ4n) is 1.07. The average molecular weight is 218 g/mol. The minimum Gasteiger partial charge on any atom is -0.465 e. The van der Waals surface area contributed by atoms with Crippen molar-refractivity contribution in [2.45, 2.75) is 18.6 Å². The first-order chi connectivity index (χ1) is 6.11. The second kappa shape index (κ2) is 4.42. The summed E-state index contributed by atoms with van der Waals surface area (Å²) in [6.07, 6.45) is 0. The summed E-state index contributed by atoms with van der Waals surface area (Å²) in [4.78, 5) is 12.5. The number of hydrogen-bond donors (Lipinski definition) is 0. The van der Waals surface area contributed by atoms with Gasteiger partial charge in [-0.15, -0.1) is 23.5 Å². The first-order valence-corrected chi connectivity index (χ1v) is 6.21. The van der Waals surface area contributed by atoms with Crippen LogP contribution < -0.4 is 0 Å². The predicted molar refractivity (Wildman–Crippen MR) is 59.1 cm³/mol. The van der Waals surface area contributed by atoms with E-state index < -0.39 is 4.75 Å². The van der Waals surface area contributed by atoms with E-state index in [4.69, 9.17) is 4.74 Å². The third-order valence-electron chi connectivity index (χ3n) is 1.95. The van der Waals surface area contributed by atoms with Crippen LogP contribution in [0, 0.1) is 0 Å². The van der Waals surface area contributed by atoms with E-state index in [2.05, 4.69) is 6.58 Å². The molecule has 0 bridgehead atoms. The van der Waals surface area contributed by atoms with Gasteiger partial charge < -0.3 is 4.74 Å². The van der Waals surface area contributed by atoms with Crippen molar-refractivity contribution in [3.8, 4) is 0 Å². The van der Waals surface area contributed by atoms with E-state index in [1.54, 1.807) is 23.5 Å². The van der Waals surface area contributed by atoms with Crippen LogP contribution in [0.2, 0.25) is 0 Å². The van der Waals surface area contributed by atoms with E-state index in [1.807, 2.05) is 13.8 Å². The number of thioether (sulfide) groups is 2. The van der Waals surface area contributed by atoms with Gasteiger partial charge in [-0.2, -0.15) is 0 Å². The molecule has 1 saturated heterocycles. The molecule has 0 N–H and O–H groups in total. The Morgan fingerprint density at radius 3 is 2.92 bits per heavy atom. The Kier molecular flexibility index (Phi) is 3.74. The minimum atomic E-state index is -0.529. The van der Waals surface area contributed by atoms with Gasteiger partial charge in [0.2, 0.25) is 0 Å².